The van der Waals surface area contributed by atoms with Crippen molar-refractivity contribution < 1.29 is 18.0 Å². The van der Waals surface area contributed by atoms with Gasteiger partial charge in [-0.05, 0) is 88.1 Å². The lowest BCUT2D eigenvalue weighted by molar-refractivity contribution is -0.137. The molecule has 0 aliphatic rings. The highest BCUT2D eigenvalue weighted by molar-refractivity contribution is 5.83. The molecular weight excluding hydrogens is 585 g/mol. The first-order valence-electron chi connectivity index (χ1n) is 14.1. The maximum atomic E-state index is 14.1. The number of benzene rings is 2. The fourth-order valence-electron chi connectivity index (χ4n) is 5.29. The van der Waals surface area contributed by atoms with Gasteiger partial charge in [-0.1, -0.05) is 13.0 Å². The summed E-state index contributed by atoms with van der Waals surface area (Å²) in [5, 5.41) is 16.5. The second-order valence-electron chi connectivity index (χ2n) is 10.8. The number of aromatic amines is 1. The first-order valence-corrected chi connectivity index (χ1v) is 14.1. The third-order valence-electron chi connectivity index (χ3n) is 7.38. The van der Waals surface area contributed by atoms with E-state index in [9.17, 15) is 28.0 Å². The molecule has 0 saturated heterocycles. The van der Waals surface area contributed by atoms with Crippen LogP contribution in [0.1, 0.15) is 47.6 Å². The highest BCUT2D eigenvalue weighted by atomic mass is 19.4. The standard InChI is InChI=1S/C32H31F3N8O2/c1-5-26(27-14-11-23(38-27)19-40(3)4)39-30(44)42-29(28-15-16-37-43(28)24-12-9-21(18-36)10-13-24)20(2)41(31(42)45)25-8-6-7-22(17-25)32(33,34)35/h6-17,26,38H,5,19H2,1-4H3,(H,39,44)/t26-/m0/s1. The first kappa shape index (κ1) is 31.1. The summed E-state index contributed by atoms with van der Waals surface area (Å²) in [7, 11) is 3.88. The van der Waals surface area contributed by atoms with Crippen LogP contribution in [0.2, 0.25) is 0 Å². The van der Waals surface area contributed by atoms with Gasteiger partial charge in [0, 0.05) is 17.9 Å². The van der Waals surface area contributed by atoms with E-state index in [0.717, 1.165) is 32.7 Å². The number of hydrogen-bond acceptors (Lipinski definition) is 5. The van der Waals surface area contributed by atoms with Gasteiger partial charge in [-0.25, -0.2) is 18.8 Å². The Balaban J connectivity index is 1.66. The summed E-state index contributed by atoms with van der Waals surface area (Å²) in [4.78, 5) is 33.4. The van der Waals surface area contributed by atoms with Crippen molar-refractivity contribution in [3.8, 4) is 28.8 Å². The van der Waals surface area contributed by atoms with Crippen LogP contribution in [0.5, 0.6) is 0 Å². The van der Waals surface area contributed by atoms with Crippen molar-refractivity contribution in [1.29, 1.82) is 5.26 Å². The van der Waals surface area contributed by atoms with E-state index in [1.807, 2.05) is 38.1 Å². The van der Waals surface area contributed by atoms with Crippen LogP contribution in [-0.4, -0.2) is 48.9 Å². The topological polar surface area (TPSA) is 117 Å². The smallest absolute Gasteiger partial charge is 0.359 e. The molecule has 0 fully saturated rings. The molecule has 0 aliphatic heterocycles. The molecule has 0 spiro atoms. The Hall–Kier alpha value is -5.35. The van der Waals surface area contributed by atoms with Gasteiger partial charge < -0.3 is 15.2 Å². The summed E-state index contributed by atoms with van der Waals surface area (Å²) in [5.74, 6) is 0. The molecule has 0 unspecified atom stereocenters. The van der Waals surface area contributed by atoms with Crippen molar-refractivity contribution in [2.24, 2.45) is 0 Å². The maximum absolute atomic E-state index is 14.1. The minimum absolute atomic E-state index is 0.0469. The zero-order chi connectivity index (χ0) is 32.5. The summed E-state index contributed by atoms with van der Waals surface area (Å²) in [6, 6.07) is 17.1. The Morgan fingerprint density at radius 1 is 1.09 bits per heavy atom. The van der Waals surface area contributed by atoms with E-state index in [-0.39, 0.29) is 17.1 Å². The summed E-state index contributed by atoms with van der Waals surface area (Å²) >= 11 is 0. The minimum atomic E-state index is -4.64. The number of imidazole rings is 1. The number of nitrogens with zero attached hydrogens (tertiary/aromatic N) is 6. The average molecular weight is 617 g/mol. The largest absolute Gasteiger partial charge is 0.416 e. The highest BCUT2D eigenvalue weighted by Crippen LogP contribution is 2.32. The van der Waals surface area contributed by atoms with Crippen molar-refractivity contribution in [2.45, 2.75) is 39.0 Å². The molecule has 0 aliphatic carbocycles. The van der Waals surface area contributed by atoms with Crippen molar-refractivity contribution in [2.75, 3.05) is 14.1 Å². The molecule has 3 aromatic heterocycles. The van der Waals surface area contributed by atoms with Gasteiger partial charge in [0.05, 0.1) is 52.2 Å². The number of alkyl halides is 3. The number of H-pyrrole nitrogens is 1. The number of carbonyl (C=O) groups is 1. The van der Waals surface area contributed by atoms with Crippen molar-refractivity contribution >= 4 is 6.03 Å². The van der Waals surface area contributed by atoms with Gasteiger partial charge in [0.2, 0.25) is 0 Å². The molecule has 3 heterocycles. The molecule has 0 radical (unpaired) electrons. The lowest BCUT2D eigenvalue weighted by Gasteiger charge is -2.17. The number of nitriles is 1. The fourth-order valence-corrected chi connectivity index (χ4v) is 5.29. The number of hydrogen-bond donors (Lipinski definition) is 2. The van der Waals surface area contributed by atoms with Gasteiger partial charge in [0.25, 0.3) is 0 Å². The number of rotatable bonds is 8. The van der Waals surface area contributed by atoms with Crippen LogP contribution in [0.3, 0.4) is 0 Å². The second kappa shape index (κ2) is 12.3. The summed E-state index contributed by atoms with van der Waals surface area (Å²) in [6.07, 6.45) is -2.66. The molecule has 5 rings (SSSR count). The van der Waals surface area contributed by atoms with Crippen LogP contribution in [-0.2, 0) is 12.7 Å². The van der Waals surface area contributed by atoms with E-state index in [0.29, 0.717) is 29.9 Å². The van der Waals surface area contributed by atoms with Gasteiger partial charge in [-0.2, -0.15) is 23.5 Å². The molecule has 0 bridgehead atoms. The zero-order valence-corrected chi connectivity index (χ0v) is 25.1. The molecule has 45 heavy (non-hydrogen) atoms. The Morgan fingerprint density at radius 3 is 2.47 bits per heavy atom. The molecule has 2 N–H and O–H groups in total. The third-order valence-corrected chi connectivity index (χ3v) is 7.38. The first-order chi connectivity index (χ1) is 21.4. The van der Waals surface area contributed by atoms with Crippen LogP contribution in [0.15, 0.2) is 77.7 Å². The predicted molar refractivity (Wildman–Crippen MR) is 162 cm³/mol. The fraction of sp³-hybridized carbons (Fsp3) is 0.250. The van der Waals surface area contributed by atoms with E-state index in [4.69, 9.17) is 0 Å². The Kier molecular flexibility index (Phi) is 8.52. The van der Waals surface area contributed by atoms with Crippen molar-refractivity contribution in [1.82, 2.24) is 34.1 Å². The number of halogens is 3. The lowest BCUT2D eigenvalue weighted by atomic mass is 10.1. The highest BCUT2D eigenvalue weighted by Gasteiger charge is 2.32. The zero-order valence-electron chi connectivity index (χ0n) is 25.1. The molecule has 232 valence electrons. The summed E-state index contributed by atoms with van der Waals surface area (Å²) < 4.78 is 44.4. The molecule has 0 saturated carbocycles. The monoisotopic (exact) mass is 616 g/mol. The molecular formula is C32H31F3N8O2. The number of nitrogens with one attached hydrogen (secondary N) is 2. The van der Waals surface area contributed by atoms with Crippen molar-refractivity contribution in [3.63, 3.8) is 0 Å². The van der Waals surface area contributed by atoms with Crippen LogP contribution < -0.4 is 11.0 Å². The number of aromatic nitrogens is 5. The van der Waals surface area contributed by atoms with Crippen LogP contribution >= 0.6 is 0 Å². The molecule has 2 aromatic carbocycles. The van der Waals surface area contributed by atoms with Gasteiger partial charge in [-0.15, -0.1) is 0 Å². The Morgan fingerprint density at radius 2 is 1.82 bits per heavy atom. The maximum Gasteiger partial charge on any atom is 0.416 e. The van der Waals surface area contributed by atoms with E-state index in [1.165, 1.54) is 23.0 Å². The number of amides is 1. The van der Waals surface area contributed by atoms with Gasteiger partial charge in [0.15, 0.2) is 0 Å². The van der Waals surface area contributed by atoms with Gasteiger partial charge >= 0.3 is 17.9 Å². The SMILES string of the molecule is CC[C@H](NC(=O)n1c(-c2ccnn2-c2ccc(C#N)cc2)c(C)n(-c2cccc(C(F)(F)F)c2)c1=O)c1ccc(CN(C)C)[nH]1. The molecule has 1 amide bonds. The predicted octanol–water partition coefficient (Wildman–Crippen LogP) is 5.79. The van der Waals surface area contributed by atoms with Crippen LogP contribution in [0.25, 0.3) is 22.8 Å². The van der Waals surface area contributed by atoms with Gasteiger partial charge in [-0.3, -0.25) is 4.57 Å². The summed E-state index contributed by atoms with van der Waals surface area (Å²) in [5.41, 5.74) is 1.56. The number of carbonyl (C=O) groups excluding carboxylic acids is 1. The summed E-state index contributed by atoms with van der Waals surface area (Å²) in [6.45, 7) is 4.11. The second-order valence-corrected chi connectivity index (χ2v) is 10.8. The van der Waals surface area contributed by atoms with Crippen molar-refractivity contribution in [3.05, 3.63) is 112 Å². The molecule has 5 aromatic rings. The van der Waals surface area contributed by atoms with Crippen LogP contribution in [0, 0.1) is 18.3 Å². The van der Waals surface area contributed by atoms with Crippen LogP contribution in [0.4, 0.5) is 18.0 Å². The molecule has 1 atom stereocenters. The van der Waals surface area contributed by atoms with E-state index in [2.05, 4.69) is 21.5 Å². The normalized spacial score (nSPS) is 12.3. The van der Waals surface area contributed by atoms with E-state index < -0.39 is 29.5 Å². The average Bonchev–Trinajstić information content (AvgIpc) is 3.73. The lowest BCUT2D eigenvalue weighted by Crippen LogP contribution is -2.39. The third kappa shape index (κ3) is 6.18. The van der Waals surface area contributed by atoms with E-state index in [1.54, 1.807) is 37.3 Å². The molecule has 10 nitrogen and oxygen atoms in total. The van der Waals surface area contributed by atoms with Gasteiger partial charge in [0.1, 0.15) is 5.69 Å². The minimum Gasteiger partial charge on any atom is -0.359 e. The molecule has 13 heteroatoms. The van der Waals surface area contributed by atoms with E-state index >= 15 is 0 Å². The Labute approximate surface area is 256 Å². The quantitative estimate of drug-likeness (QED) is 0.229. The Bertz CT molecular complexity index is 1940.